The lowest BCUT2D eigenvalue weighted by Crippen LogP contribution is -2.53. The Morgan fingerprint density at radius 3 is 2.92 bits per heavy atom. The molecule has 1 unspecified atom stereocenters. The van der Waals surface area contributed by atoms with E-state index in [-0.39, 0.29) is 36.2 Å². The summed E-state index contributed by atoms with van der Waals surface area (Å²) in [4.78, 5) is 35.2. The van der Waals surface area contributed by atoms with E-state index >= 15 is 0 Å². The highest BCUT2D eigenvalue weighted by molar-refractivity contribution is 7.99. The van der Waals surface area contributed by atoms with E-state index in [1.54, 1.807) is 6.07 Å². The Balaban J connectivity index is 1.93. The molecule has 0 saturated carbocycles. The summed E-state index contributed by atoms with van der Waals surface area (Å²) in [7, 11) is 1.36. The summed E-state index contributed by atoms with van der Waals surface area (Å²) >= 11 is 1.27. The average Bonchev–Trinajstić information content (AvgIpc) is 2.61. The molecule has 0 spiro atoms. The zero-order valence-electron chi connectivity index (χ0n) is 13.5. The first-order chi connectivity index (χ1) is 11.9. The number of nitro benzene ring substituents is 1. The number of carboxylic acid groups (broad SMARTS) is 1. The van der Waals surface area contributed by atoms with Crippen LogP contribution in [0.15, 0.2) is 18.2 Å². The van der Waals surface area contributed by atoms with Crippen LogP contribution in [-0.2, 0) is 20.1 Å². The second kappa shape index (κ2) is 8.67. The summed E-state index contributed by atoms with van der Waals surface area (Å²) in [5.74, 6) is -0.734. The van der Waals surface area contributed by atoms with Crippen LogP contribution < -0.4 is 4.74 Å². The second-order valence-corrected chi connectivity index (χ2v) is 6.26. The van der Waals surface area contributed by atoms with Gasteiger partial charge in [-0.25, -0.2) is 4.79 Å². The molecule has 2 rings (SSSR count). The summed E-state index contributed by atoms with van der Waals surface area (Å²) in [5, 5.41) is 20.1. The Morgan fingerprint density at radius 1 is 1.52 bits per heavy atom. The highest BCUT2D eigenvalue weighted by Crippen LogP contribution is 2.29. The molecule has 1 heterocycles. The molecule has 10 heteroatoms. The Kier molecular flexibility index (Phi) is 6.59. The summed E-state index contributed by atoms with van der Waals surface area (Å²) in [5.41, 5.74) is 0.549. The number of nitrogens with zero attached hydrogens (tertiary/aromatic N) is 2. The van der Waals surface area contributed by atoms with Gasteiger partial charge in [-0.05, 0) is 11.6 Å². The zero-order chi connectivity index (χ0) is 18.4. The third-order valence-corrected chi connectivity index (χ3v) is 4.66. The highest BCUT2D eigenvalue weighted by atomic mass is 32.2. The molecular weight excluding hydrogens is 352 g/mol. The molecule has 0 aromatic heterocycles. The van der Waals surface area contributed by atoms with Crippen molar-refractivity contribution in [3.05, 3.63) is 33.9 Å². The minimum absolute atomic E-state index is 0.0174. The monoisotopic (exact) mass is 370 g/mol. The topological polar surface area (TPSA) is 119 Å². The van der Waals surface area contributed by atoms with Crippen molar-refractivity contribution in [3.8, 4) is 5.75 Å². The van der Waals surface area contributed by atoms with Crippen molar-refractivity contribution >= 4 is 29.3 Å². The molecule has 1 aliphatic heterocycles. The van der Waals surface area contributed by atoms with E-state index in [0.29, 0.717) is 17.9 Å². The van der Waals surface area contributed by atoms with Gasteiger partial charge in [0.15, 0.2) is 11.8 Å². The number of benzene rings is 1. The Hall–Kier alpha value is -2.33. The number of ether oxygens (including phenoxy) is 2. The average molecular weight is 370 g/mol. The van der Waals surface area contributed by atoms with Gasteiger partial charge in [-0.2, -0.15) is 0 Å². The number of thioether (sulfide) groups is 1. The fourth-order valence-electron chi connectivity index (χ4n) is 2.41. The van der Waals surface area contributed by atoms with Crippen molar-refractivity contribution in [2.45, 2.75) is 11.8 Å². The minimum atomic E-state index is -1.09. The van der Waals surface area contributed by atoms with E-state index in [1.807, 2.05) is 0 Å². The zero-order valence-corrected chi connectivity index (χ0v) is 14.4. The Labute approximate surface area is 148 Å². The summed E-state index contributed by atoms with van der Waals surface area (Å²) in [6, 6.07) is 3.64. The number of carbonyl (C=O) groups excluding carboxylic acids is 1. The van der Waals surface area contributed by atoms with Gasteiger partial charge in [0.2, 0.25) is 5.91 Å². The van der Waals surface area contributed by atoms with Crippen LogP contribution in [-0.4, -0.2) is 65.5 Å². The van der Waals surface area contributed by atoms with Crippen molar-refractivity contribution in [2.24, 2.45) is 0 Å². The Bertz CT molecular complexity index is 667. The summed E-state index contributed by atoms with van der Waals surface area (Å²) < 4.78 is 10.0. The SMILES string of the molecule is COc1ccc(CSCC(=O)N2CCOCC2C(=O)O)cc1[N+](=O)[O-]. The molecule has 136 valence electrons. The van der Waals surface area contributed by atoms with Gasteiger partial charge < -0.3 is 19.5 Å². The molecular formula is C15H18N2O7S. The van der Waals surface area contributed by atoms with Crippen molar-refractivity contribution in [3.63, 3.8) is 0 Å². The van der Waals surface area contributed by atoms with Crippen LogP contribution in [0.5, 0.6) is 5.75 Å². The van der Waals surface area contributed by atoms with E-state index < -0.39 is 16.9 Å². The smallest absolute Gasteiger partial charge is 0.328 e. The molecule has 1 saturated heterocycles. The molecule has 1 N–H and O–H groups in total. The number of nitro groups is 1. The van der Waals surface area contributed by atoms with E-state index in [1.165, 1.54) is 35.9 Å². The normalized spacial score (nSPS) is 17.2. The number of carbonyl (C=O) groups is 2. The van der Waals surface area contributed by atoms with Crippen molar-refractivity contribution in [2.75, 3.05) is 32.6 Å². The molecule has 0 aliphatic carbocycles. The third-order valence-electron chi connectivity index (χ3n) is 3.67. The number of hydrogen-bond donors (Lipinski definition) is 1. The van der Waals surface area contributed by atoms with Crippen LogP contribution in [0.3, 0.4) is 0 Å². The molecule has 25 heavy (non-hydrogen) atoms. The van der Waals surface area contributed by atoms with Crippen molar-refractivity contribution in [1.82, 2.24) is 4.90 Å². The van der Waals surface area contributed by atoms with Gasteiger partial charge >= 0.3 is 11.7 Å². The van der Waals surface area contributed by atoms with Gasteiger partial charge in [0, 0.05) is 18.4 Å². The molecule has 1 fully saturated rings. The lowest BCUT2D eigenvalue weighted by molar-refractivity contribution is -0.385. The molecule has 0 radical (unpaired) electrons. The van der Waals surface area contributed by atoms with E-state index in [4.69, 9.17) is 14.6 Å². The lowest BCUT2D eigenvalue weighted by atomic mass is 10.2. The first-order valence-electron chi connectivity index (χ1n) is 7.43. The van der Waals surface area contributed by atoms with Gasteiger partial charge in [-0.3, -0.25) is 14.9 Å². The van der Waals surface area contributed by atoms with Crippen LogP contribution >= 0.6 is 11.8 Å². The standard InChI is InChI=1S/C15H18N2O7S/c1-23-13-3-2-10(6-11(13)17(21)22)8-25-9-14(18)16-4-5-24-7-12(16)15(19)20/h2-3,6,12H,4-5,7-9H2,1H3,(H,19,20). The number of amides is 1. The van der Waals surface area contributed by atoms with E-state index in [0.717, 1.165) is 0 Å². The number of morpholine rings is 1. The number of carboxylic acids is 1. The molecule has 1 aromatic rings. The quantitative estimate of drug-likeness (QED) is 0.561. The summed E-state index contributed by atoms with van der Waals surface area (Å²) in [6.07, 6.45) is 0. The van der Waals surface area contributed by atoms with E-state index in [2.05, 4.69) is 0 Å². The lowest BCUT2D eigenvalue weighted by Gasteiger charge is -2.32. The summed E-state index contributed by atoms with van der Waals surface area (Å²) in [6.45, 7) is 0.533. The van der Waals surface area contributed by atoms with Gasteiger partial charge in [0.05, 0.1) is 31.0 Å². The molecule has 9 nitrogen and oxygen atoms in total. The molecule has 1 aliphatic rings. The largest absolute Gasteiger partial charge is 0.490 e. The first kappa shape index (κ1) is 19.0. The van der Waals surface area contributed by atoms with E-state index in [9.17, 15) is 19.7 Å². The molecule has 0 bridgehead atoms. The second-order valence-electron chi connectivity index (χ2n) is 5.27. The number of methoxy groups -OCH3 is 1. The van der Waals surface area contributed by atoms with Gasteiger partial charge in [0.1, 0.15) is 0 Å². The van der Waals surface area contributed by atoms with Crippen molar-refractivity contribution < 1.29 is 29.1 Å². The van der Waals surface area contributed by atoms with Crippen molar-refractivity contribution in [1.29, 1.82) is 0 Å². The van der Waals surface area contributed by atoms with Gasteiger partial charge in [-0.1, -0.05) is 6.07 Å². The molecule has 1 atom stereocenters. The van der Waals surface area contributed by atoms with Crippen LogP contribution in [0.25, 0.3) is 0 Å². The minimum Gasteiger partial charge on any atom is -0.490 e. The molecule has 1 amide bonds. The van der Waals surface area contributed by atoms with Crippen LogP contribution in [0.4, 0.5) is 5.69 Å². The Morgan fingerprint density at radius 2 is 2.28 bits per heavy atom. The maximum Gasteiger partial charge on any atom is 0.328 e. The maximum absolute atomic E-state index is 12.2. The third kappa shape index (κ3) is 4.83. The fourth-order valence-corrected chi connectivity index (χ4v) is 3.27. The van der Waals surface area contributed by atoms with Gasteiger partial charge in [-0.15, -0.1) is 11.8 Å². The predicted molar refractivity (Wildman–Crippen MR) is 89.8 cm³/mol. The van der Waals surface area contributed by atoms with Crippen LogP contribution in [0.2, 0.25) is 0 Å². The first-order valence-corrected chi connectivity index (χ1v) is 8.58. The number of aliphatic carboxylic acids is 1. The highest BCUT2D eigenvalue weighted by Gasteiger charge is 2.32. The predicted octanol–water partition coefficient (Wildman–Crippen LogP) is 1.15. The van der Waals surface area contributed by atoms with Gasteiger partial charge in [0.25, 0.3) is 0 Å². The number of rotatable bonds is 7. The number of hydrogen-bond acceptors (Lipinski definition) is 7. The van der Waals surface area contributed by atoms with Crippen LogP contribution in [0, 0.1) is 10.1 Å². The fraction of sp³-hybridized carbons (Fsp3) is 0.467. The maximum atomic E-state index is 12.2. The van der Waals surface area contributed by atoms with Crippen LogP contribution in [0.1, 0.15) is 5.56 Å². The molecule has 1 aromatic carbocycles.